The number of nitriles is 1. The number of pyridine rings is 1. The average Bonchev–Trinajstić information content (AvgIpc) is 2.39. The van der Waals surface area contributed by atoms with Crippen LogP contribution in [0.15, 0.2) is 18.5 Å². The van der Waals surface area contributed by atoms with Crippen LogP contribution in [-0.2, 0) is 0 Å². The van der Waals surface area contributed by atoms with Crippen LogP contribution in [0.1, 0.15) is 23.2 Å². The topological polar surface area (TPSA) is 57.0 Å². The van der Waals surface area contributed by atoms with E-state index in [1.807, 2.05) is 0 Å². The number of carbonyl (C=O) groups excluding carboxylic acids is 1. The molecule has 0 aromatic carbocycles. The second-order valence-electron chi connectivity index (χ2n) is 4.05. The Bertz CT molecular complexity index is 461. The number of amides is 1. The monoisotopic (exact) mass is 233 g/mol. The lowest BCUT2D eigenvalue weighted by Crippen LogP contribution is -2.38. The number of piperidine rings is 1. The molecule has 88 valence electrons. The highest BCUT2D eigenvalue weighted by atomic mass is 19.1. The highest BCUT2D eigenvalue weighted by Gasteiger charge is 2.24. The van der Waals surface area contributed by atoms with Crippen molar-refractivity contribution in [1.29, 1.82) is 5.26 Å². The summed E-state index contributed by atoms with van der Waals surface area (Å²) in [5.74, 6) is -0.900. The van der Waals surface area contributed by atoms with E-state index in [0.717, 1.165) is 6.20 Å². The molecule has 0 bridgehead atoms. The molecule has 1 amide bonds. The van der Waals surface area contributed by atoms with Gasteiger partial charge in [0, 0.05) is 25.2 Å². The van der Waals surface area contributed by atoms with E-state index in [4.69, 9.17) is 5.26 Å². The fraction of sp³-hybridized carbons (Fsp3) is 0.417. The van der Waals surface area contributed by atoms with Crippen molar-refractivity contribution >= 4 is 5.91 Å². The lowest BCUT2D eigenvalue weighted by molar-refractivity contribution is 0.0702. The zero-order valence-corrected chi connectivity index (χ0v) is 9.27. The third-order valence-corrected chi connectivity index (χ3v) is 2.97. The molecule has 0 saturated carbocycles. The van der Waals surface area contributed by atoms with Crippen LogP contribution in [-0.4, -0.2) is 28.9 Å². The van der Waals surface area contributed by atoms with Gasteiger partial charge in [0.1, 0.15) is 0 Å². The maximum absolute atomic E-state index is 13.4. The van der Waals surface area contributed by atoms with E-state index in [1.165, 1.54) is 12.3 Å². The van der Waals surface area contributed by atoms with Gasteiger partial charge in [-0.3, -0.25) is 9.78 Å². The normalized spacial score (nSPS) is 16.6. The Hall–Kier alpha value is -1.96. The van der Waals surface area contributed by atoms with Crippen molar-refractivity contribution in [3.05, 3.63) is 29.8 Å². The summed E-state index contributed by atoms with van der Waals surface area (Å²) in [6.07, 6.45) is 3.76. The first-order valence-corrected chi connectivity index (χ1v) is 5.51. The van der Waals surface area contributed by atoms with E-state index >= 15 is 0 Å². The summed E-state index contributed by atoms with van der Waals surface area (Å²) in [6.45, 7) is 1.03. The molecule has 1 aliphatic rings. The van der Waals surface area contributed by atoms with Gasteiger partial charge in [-0.05, 0) is 18.9 Å². The van der Waals surface area contributed by atoms with Gasteiger partial charge in [-0.25, -0.2) is 4.39 Å². The summed E-state index contributed by atoms with van der Waals surface area (Å²) in [7, 11) is 0. The zero-order valence-electron chi connectivity index (χ0n) is 9.27. The molecule has 0 radical (unpaired) electrons. The number of hydrogen-bond acceptors (Lipinski definition) is 3. The van der Waals surface area contributed by atoms with E-state index in [-0.39, 0.29) is 17.4 Å². The van der Waals surface area contributed by atoms with Crippen LogP contribution in [0.25, 0.3) is 0 Å². The molecule has 1 aromatic heterocycles. The van der Waals surface area contributed by atoms with E-state index in [0.29, 0.717) is 25.9 Å². The van der Waals surface area contributed by atoms with Crippen LogP contribution in [0, 0.1) is 23.1 Å². The number of likely N-dealkylation sites (tertiary alicyclic amines) is 1. The maximum Gasteiger partial charge on any atom is 0.256 e. The number of nitrogens with zero attached hydrogens (tertiary/aromatic N) is 3. The molecule has 1 saturated heterocycles. The second-order valence-corrected chi connectivity index (χ2v) is 4.05. The van der Waals surface area contributed by atoms with Crippen LogP contribution in [0.5, 0.6) is 0 Å². The SMILES string of the molecule is N#CC1CCN(C(=O)c2ccncc2F)CC1. The Morgan fingerprint density at radius 1 is 1.53 bits per heavy atom. The molecule has 1 aliphatic heterocycles. The lowest BCUT2D eigenvalue weighted by atomic mass is 9.98. The molecular weight excluding hydrogens is 221 g/mol. The summed E-state index contributed by atoms with van der Waals surface area (Å²) in [6, 6.07) is 3.58. The van der Waals surface area contributed by atoms with Gasteiger partial charge in [-0.15, -0.1) is 0 Å². The van der Waals surface area contributed by atoms with Gasteiger partial charge in [0.2, 0.25) is 0 Å². The summed E-state index contributed by atoms with van der Waals surface area (Å²) < 4.78 is 13.4. The molecule has 0 N–H and O–H groups in total. The second kappa shape index (κ2) is 4.91. The predicted molar refractivity (Wildman–Crippen MR) is 58.4 cm³/mol. The average molecular weight is 233 g/mol. The van der Waals surface area contributed by atoms with Crippen molar-refractivity contribution in [1.82, 2.24) is 9.88 Å². The molecule has 0 unspecified atom stereocenters. The van der Waals surface area contributed by atoms with Crippen molar-refractivity contribution in [2.24, 2.45) is 5.92 Å². The summed E-state index contributed by atoms with van der Waals surface area (Å²) >= 11 is 0. The Labute approximate surface area is 98.7 Å². The van der Waals surface area contributed by atoms with Gasteiger partial charge < -0.3 is 4.90 Å². The van der Waals surface area contributed by atoms with E-state index in [2.05, 4.69) is 11.1 Å². The first-order valence-electron chi connectivity index (χ1n) is 5.51. The van der Waals surface area contributed by atoms with Crippen LogP contribution in [0.3, 0.4) is 0 Å². The molecule has 0 atom stereocenters. The van der Waals surface area contributed by atoms with E-state index < -0.39 is 5.82 Å². The number of hydrogen-bond donors (Lipinski definition) is 0. The summed E-state index contributed by atoms with van der Waals surface area (Å²) in [4.78, 5) is 17.2. The van der Waals surface area contributed by atoms with Gasteiger partial charge in [0.15, 0.2) is 5.82 Å². The molecule has 17 heavy (non-hydrogen) atoms. The molecule has 2 rings (SSSR count). The molecule has 2 heterocycles. The van der Waals surface area contributed by atoms with Crippen molar-refractivity contribution in [3.63, 3.8) is 0 Å². The van der Waals surface area contributed by atoms with Crippen LogP contribution in [0.2, 0.25) is 0 Å². The van der Waals surface area contributed by atoms with E-state index in [9.17, 15) is 9.18 Å². The fourth-order valence-electron chi connectivity index (χ4n) is 1.93. The molecule has 5 heteroatoms. The first kappa shape index (κ1) is 11.5. The van der Waals surface area contributed by atoms with Crippen LogP contribution < -0.4 is 0 Å². The highest BCUT2D eigenvalue weighted by Crippen LogP contribution is 2.18. The molecular formula is C12H12FN3O. The minimum Gasteiger partial charge on any atom is -0.338 e. The first-order chi connectivity index (χ1) is 8.22. The van der Waals surface area contributed by atoms with Crippen molar-refractivity contribution < 1.29 is 9.18 Å². The smallest absolute Gasteiger partial charge is 0.256 e. The number of halogens is 1. The number of rotatable bonds is 1. The van der Waals surface area contributed by atoms with Crippen LogP contribution >= 0.6 is 0 Å². The summed E-state index contributed by atoms with van der Waals surface area (Å²) in [5.41, 5.74) is 0.0513. The predicted octanol–water partition coefficient (Wildman–Crippen LogP) is 1.60. The highest BCUT2D eigenvalue weighted by molar-refractivity contribution is 5.94. The molecule has 1 aromatic rings. The molecule has 1 fully saturated rings. The lowest BCUT2D eigenvalue weighted by Gasteiger charge is -2.29. The molecule has 0 aliphatic carbocycles. The standard InChI is InChI=1S/C12H12FN3O/c13-11-8-15-4-1-10(11)12(17)16-5-2-9(7-14)3-6-16/h1,4,8-9H,2-3,5-6H2. The van der Waals surface area contributed by atoms with Crippen molar-refractivity contribution in [2.45, 2.75) is 12.8 Å². The minimum atomic E-state index is -0.597. The largest absolute Gasteiger partial charge is 0.338 e. The third-order valence-electron chi connectivity index (χ3n) is 2.97. The fourth-order valence-corrected chi connectivity index (χ4v) is 1.93. The van der Waals surface area contributed by atoms with Gasteiger partial charge >= 0.3 is 0 Å². The van der Waals surface area contributed by atoms with Gasteiger partial charge in [-0.1, -0.05) is 0 Å². The molecule has 4 nitrogen and oxygen atoms in total. The van der Waals surface area contributed by atoms with Crippen molar-refractivity contribution in [3.8, 4) is 6.07 Å². The summed E-state index contributed by atoms with van der Waals surface area (Å²) in [5, 5.41) is 8.76. The Morgan fingerprint density at radius 3 is 2.82 bits per heavy atom. The minimum absolute atomic E-state index is 0.0151. The van der Waals surface area contributed by atoms with Crippen molar-refractivity contribution in [2.75, 3.05) is 13.1 Å². The molecule has 0 spiro atoms. The zero-order chi connectivity index (χ0) is 12.3. The Morgan fingerprint density at radius 2 is 2.24 bits per heavy atom. The van der Waals surface area contributed by atoms with Gasteiger partial charge in [0.25, 0.3) is 5.91 Å². The van der Waals surface area contributed by atoms with Gasteiger partial charge in [-0.2, -0.15) is 5.26 Å². The third kappa shape index (κ3) is 2.41. The number of aromatic nitrogens is 1. The van der Waals surface area contributed by atoms with Gasteiger partial charge in [0.05, 0.1) is 17.8 Å². The van der Waals surface area contributed by atoms with Crippen LogP contribution in [0.4, 0.5) is 4.39 Å². The quantitative estimate of drug-likeness (QED) is 0.740. The number of carbonyl (C=O) groups is 1. The van der Waals surface area contributed by atoms with E-state index in [1.54, 1.807) is 4.90 Å². The maximum atomic E-state index is 13.4. The Kier molecular flexibility index (Phi) is 3.33. The Balaban J connectivity index is 2.08.